The van der Waals surface area contributed by atoms with E-state index in [1.807, 2.05) is 32.0 Å². The molecule has 0 radical (unpaired) electrons. The number of anilines is 1. The first-order valence-corrected chi connectivity index (χ1v) is 7.06. The molecule has 1 rings (SSSR count). The van der Waals surface area contributed by atoms with Crippen molar-refractivity contribution in [3.63, 3.8) is 0 Å². The number of rotatable bonds is 7. The number of carbonyl (C=O) groups is 1. The second-order valence-corrected chi connectivity index (χ2v) is 5.09. The van der Waals surface area contributed by atoms with Crippen LogP contribution in [0.5, 0.6) is 0 Å². The summed E-state index contributed by atoms with van der Waals surface area (Å²) >= 11 is 3.50. The highest BCUT2D eigenvalue weighted by atomic mass is 79.9. The first kappa shape index (κ1) is 16.0. The molecule has 1 unspecified atom stereocenters. The molecular formula is C14H20BrNO3. The first-order chi connectivity index (χ1) is 9.10. The van der Waals surface area contributed by atoms with Crippen molar-refractivity contribution in [1.82, 2.24) is 0 Å². The number of ether oxygens (including phenoxy) is 2. The zero-order valence-corrected chi connectivity index (χ0v) is 13.1. The SMILES string of the molecule is CCOC(=O)C(C)CNc1cccc(Br)c1COC. The highest BCUT2D eigenvalue weighted by molar-refractivity contribution is 9.10. The third-order valence-corrected chi connectivity index (χ3v) is 3.44. The van der Waals surface area contributed by atoms with Crippen molar-refractivity contribution in [2.24, 2.45) is 5.92 Å². The van der Waals surface area contributed by atoms with Gasteiger partial charge in [-0.15, -0.1) is 0 Å². The molecule has 1 N–H and O–H groups in total. The van der Waals surface area contributed by atoms with Crippen LogP contribution in [0.3, 0.4) is 0 Å². The van der Waals surface area contributed by atoms with Crippen molar-refractivity contribution in [2.75, 3.05) is 25.6 Å². The van der Waals surface area contributed by atoms with Gasteiger partial charge in [0.05, 0.1) is 19.1 Å². The van der Waals surface area contributed by atoms with Gasteiger partial charge in [-0.2, -0.15) is 0 Å². The Morgan fingerprint density at radius 3 is 2.84 bits per heavy atom. The largest absolute Gasteiger partial charge is 0.466 e. The Morgan fingerprint density at radius 2 is 2.21 bits per heavy atom. The number of benzene rings is 1. The summed E-state index contributed by atoms with van der Waals surface area (Å²) in [6, 6.07) is 5.88. The van der Waals surface area contributed by atoms with Crippen molar-refractivity contribution >= 4 is 27.6 Å². The molecule has 1 atom stereocenters. The first-order valence-electron chi connectivity index (χ1n) is 6.27. The summed E-state index contributed by atoms with van der Waals surface area (Å²) in [4.78, 5) is 11.5. The monoisotopic (exact) mass is 329 g/mol. The maximum absolute atomic E-state index is 11.5. The summed E-state index contributed by atoms with van der Waals surface area (Å²) in [6.45, 7) is 5.11. The summed E-state index contributed by atoms with van der Waals surface area (Å²) in [6.07, 6.45) is 0. The zero-order valence-electron chi connectivity index (χ0n) is 11.5. The molecule has 0 fully saturated rings. The predicted molar refractivity (Wildman–Crippen MR) is 79.1 cm³/mol. The zero-order chi connectivity index (χ0) is 14.3. The Hall–Kier alpha value is -1.07. The van der Waals surface area contributed by atoms with Gasteiger partial charge in [-0.1, -0.05) is 28.9 Å². The van der Waals surface area contributed by atoms with Gasteiger partial charge in [0.1, 0.15) is 0 Å². The fraction of sp³-hybridized carbons (Fsp3) is 0.500. The Bertz CT molecular complexity index is 423. The number of hydrogen-bond acceptors (Lipinski definition) is 4. The van der Waals surface area contributed by atoms with Gasteiger partial charge in [-0.3, -0.25) is 4.79 Å². The van der Waals surface area contributed by atoms with E-state index >= 15 is 0 Å². The molecule has 0 aliphatic rings. The summed E-state index contributed by atoms with van der Waals surface area (Å²) in [7, 11) is 1.66. The Labute approximate surface area is 122 Å². The number of esters is 1. The molecule has 106 valence electrons. The van der Waals surface area contributed by atoms with Gasteiger partial charge in [0, 0.05) is 29.4 Å². The lowest BCUT2D eigenvalue weighted by Crippen LogP contribution is -2.23. The molecular weight excluding hydrogens is 310 g/mol. The van der Waals surface area contributed by atoms with Crippen molar-refractivity contribution in [3.05, 3.63) is 28.2 Å². The van der Waals surface area contributed by atoms with E-state index in [2.05, 4.69) is 21.2 Å². The summed E-state index contributed by atoms with van der Waals surface area (Å²) in [5, 5.41) is 3.27. The van der Waals surface area contributed by atoms with Gasteiger partial charge in [0.25, 0.3) is 0 Å². The molecule has 0 amide bonds. The standard InChI is InChI=1S/C14H20BrNO3/c1-4-19-14(17)10(2)8-16-13-7-5-6-12(15)11(13)9-18-3/h5-7,10,16H,4,8-9H2,1-3H3. The predicted octanol–water partition coefficient (Wildman–Crippen LogP) is 3.21. The molecule has 4 nitrogen and oxygen atoms in total. The van der Waals surface area contributed by atoms with Crippen LogP contribution in [-0.2, 0) is 20.9 Å². The van der Waals surface area contributed by atoms with E-state index in [1.165, 1.54) is 0 Å². The van der Waals surface area contributed by atoms with Crippen LogP contribution in [0.25, 0.3) is 0 Å². The average Bonchev–Trinajstić information content (AvgIpc) is 2.39. The van der Waals surface area contributed by atoms with Gasteiger partial charge in [0.15, 0.2) is 0 Å². The average molecular weight is 330 g/mol. The van der Waals surface area contributed by atoms with E-state index in [0.29, 0.717) is 19.8 Å². The maximum atomic E-state index is 11.5. The lowest BCUT2D eigenvalue weighted by Gasteiger charge is -2.16. The lowest BCUT2D eigenvalue weighted by molar-refractivity contribution is -0.146. The van der Waals surface area contributed by atoms with E-state index in [-0.39, 0.29) is 11.9 Å². The summed E-state index contributed by atoms with van der Waals surface area (Å²) in [5.74, 6) is -0.368. The van der Waals surface area contributed by atoms with Crippen molar-refractivity contribution in [1.29, 1.82) is 0 Å². The number of halogens is 1. The normalized spacial score (nSPS) is 12.0. The van der Waals surface area contributed by atoms with Gasteiger partial charge in [-0.05, 0) is 19.1 Å². The van der Waals surface area contributed by atoms with Crippen LogP contribution in [0.15, 0.2) is 22.7 Å². The van der Waals surface area contributed by atoms with E-state index in [0.717, 1.165) is 15.7 Å². The van der Waals surface area contributed by atoms with Crippen LogP contribution < -0.4 is 5.32 Å². The number of nitrogens with one attached hydrogen (secondary N) is 1. The lowest BCUT2D eigenvalue weighted by atomic mass is 10.1. The fourth-order valence-corrected chi connectivity index (χ4v) is 2.13. The summed E-state index contributed by atoms with van der Waals surface area (Å²) in [5.41, 5.74) is 2.01. The molecule has 0 aliphatic carbocycles. The second kappa shape index (κ2) is 8.17. The number of hydrogen-bond donors (Lipinski definition) is 1. The smallest absolute Gasteiger partial charge is 0.310 e. The quantitative estimate of drug-likeness (QED) is 0.780. The minimum absolute atomic E-state index is 0.182. The fourth-order valence-electron chi connectivity index (χ4n) is 1.65. The number of carbonyl (C=O) groups excluding carboxylic acids is 1. The topological polar surface area (TPSA) is 47.6 Å². The van der Waals surface area contributed by atoms with Gasteiger partial charge in [0.2, 0.25) is 0 Å². The van der Waals surface area contributed by atoms with E-state index < -0.39 is 0 Å². The molecule has 0 aliphatic heterocycles. The van der Waals surface area contributed by atoms with Crippen LogP contribution >= 0.6 is 15.9 Å². The van der Waals surface area contributed by atoms with Crippen LogP contribution in [0.4, 0.5) is 5.69 Å². The van der Waals surface area contributed by atoms with Gasteiger partial charge in [-0.25, -0.2) is 0 Å². The molecule has 0 spiro atoms. The molecule has 0 saturated heterocycles. The van der Waals surface area contributed by atoms with Gasteiger partial charge >= 0.3 is 5.97 Å². The van der Waals surface area contributed by atoms with E-state index in [4.69, 9.17) is 9.47 Å². The van der Waals surface area contributed by atoms with Crippen LogP contribution in [-0.4, -0.2) is 26.2 Å². The molecule has 0 aromatic heterocycles. The molecule has 0 heterocycles. The van der Waals surface area contributed by atoms with Crippen molar-refractivity contribution in [2.45, 2.75) is 20.5 Å². The highest BCUT2D eigenvalue weighted by Gasteiger charge is 2.14. The highest BCUT2D eigenvalue weighted by Crippen LogP contribution is 2.25. The van der Waals surface area contributed by atoms with Crippen LogP contribution in [0, 0.1) is 5.92 Å². The molecule has 19 heavy (non-hydrogen) atoms. The number of methoxy groups -OCH3 is 1. The summed E-state index contributed by atoms with van der Waals surface area (Å²) < 4.78 is 11.2. The Morgan fingerprint density at radius 1 is 1.47 bits per heavy atom. The molecule has 1 aromatic rings. The third-order valence-electron chi connectivity index (χ3n) is 2.70. The van der Waals surface area contributed by atoms with E-state index in [9.17, 15) is 4.79 Å². The van der Waals surface area contributed by atoms with Crippen molar-refractivity contribution in [3.8, 4) is 0 Å². The molecule has 5 heteroatoms. The maximum Gasteiger partial charge on any atom is 0.310 e. The second-order valence-electron chi connectivity index (χ2n) is 4.23. The minimum atomic E-state index is -0.186. The molecule has 0 saturated carbocycles. The Kier molecular flexibility index (Phi) is 6.87. The van der Waals surface area contributed by atoms with Gasteiger partial charge < -0.3 is 14.8 Å². The molecule has 1 aromatic carbocycles. The van der Waals surface area contributed by atoms with Crippen molar-refractivity contribution < 1.29 is 14.3 Å². The van der Waals surface area contributed by atoms with Crippen LogP contribution in [0.1, 0.15) is 19.4 Å². The van der Waals surface area contributed by atoms with E-state index in [1.54, 1.807) is 7.11 Å². The molecule has 0 bridgehead atoms. The minimum Gasteiger partial charge on any atom is -0.466 e. The Balaban J connectivity index is 2.67. The van der Waals surface area contributed by atoms with Crippen LogP contribution in [0.2, 0.25) is 0 Å². The third kappa shape index (κ3) is 4.84.